The van der Waals surface area contributed by atoms with Gasteiger partial charge in [-0.3, -0.25) is 9.59 Å². The third kappa shape index (κ3) is 15.9. The maximum absolute atomic E-state index is 9.57. The zero-order valence-electron chi connectivity index (χ0n) is 6.86. The van der Waals surface area contributed by atoms with Gasteiger partial charge in [-0.25, -0.2) is 0 Å². The van der Waals surface area contributed by atoms with Crippen molar-refractivity contribution in [2.24, 2.45) is 11.5 Å². The van der Waals surface area contributed by atoms with Gasteiger partial charge in [0, 0.05) is 6.54 Å². The molecule has 0 fully saturated rings. The van der Waals surface area contributed by atoms with E-state index in [9.17, 15) is 9.59 Å². The zero-order valence-corrected chi connectivity index (χ0v) is 6.86. The van der Waals surface area contributed by atoms with Crippen molar-refractivity contribution in [3.05, 3.63) is 0 Å². The van der Waals surface area contributed by atoms with Gasteiger partial charge in [-0.2, -0.15) is 0 Å². The van der Waals surface area contributed by atoms with Crippen molar-refractivity contribution in [1.82, 2.24) is 0 Å². The van der Waals surface area contributed by atoms with E-state index in [-0.39, 0.29) is 13.0 Å². The van der Waals surface area contributed by atoms with Crippen LogP contribution in [0.15, 0.2) is 0 Å². The molecule has 12 heavy (non-hydrogen) atoms. The fraction of sp³-hybridized carbons (Fsp3) is 0.667. The van der Waals surface area contributed by atoms with E-state index in [0.717, 1.165) is 0 Å². The van der Waals surface area contributed by atoms with Gasteiger partial charge in [-0.05, 0) is 6.92 Å². The second-order valence-electron chi connectivity index (χ2n) is 2.06. The van der Waals surface area contributed by atoms with Gasteiger partial charge < -0.3 is 21.7 Å². The number of carboxylic acids is 2. The van der Waals surface area contributed by atoms with Gasteiger partial charge in [0.1, 0.15) is 6.04 Å². The van der Waals surface area contributed by atoms with Gasteiger partial charge in [-0.1, -0.05) is 0 Å². The first-order chi connectivity index (χ1) is 5.41. The highest BCUT2D eigenvalue weighted by molar-refractivity contribution is 5.72. The van der Waals surface area contributed by atoms with Crippen LogP contribution < -0.4 is 11.5 Å². The average molecular weight is 178 g/mol. The Labute approximate surface area is 70.2 Å². The van der Waals surface area contributed by atoms with E-state index in [1.54, 1.807) is 0 Å². The van der Waals surface area contributed by atoms with Crippen molar-refractivity contribution in [2.45, 2.75) is 19.4 Å². The summed E-state index contributed by atoms with van der Waals surface area (Å²) in [6.07, 6.45) is 0.0694. The number of hydrogen-bond acceptors (Lipinski definition) is 4. The van der Waals surface area contributed by atoms with Crippen LogP contribution in [0.4, 0.5) is 0 Å². The number of hydrogen-bond donors (Lipinski definition) is 4. The Morgan fingerprint density at radius 2 is 1.75 bits per heavy atom. The topological polar surface area (TPSA) is 127 Å². The fourth-order valence-electron chi connectivity index (χ4n) is 0.123. The second-order valence-corrected chi connectivity index (χ2v) is 2.06. The number of nitrogens with two attached hydrogens (primary N) is 2. The Balaban J connectivity index is 0. The molecule has 0 radical (unpaired) electrons. The molecule has 6 heteroatoms. The van der Waals surface area contributed by atoms with Gasteiger partial charge in [0.05, 0.1) is 6.42 Å². The van der Waals surface area contributed by atoms with Crippen LogP contribution in [0, 0.1) is 0 Å². The fourth-order valence-corrected chi connectivity index (χ4v) is 0.123. The Morgan fingerprint density at radius 1 is 1.42 bits per heavy atom. The maximum Gasteiger partial charge on any atom is 0.320 e. The Kier molecular flexibility index (Phi) is 8.92. The summed E-state index contributed by atoms with van der Waals surface area (Å²) in [5, 5.41) is 15.7. The quantitative estimate of drug-likeness (QED) is 0.431. The molecule has 0 rings (SSSR count). The molecule has 0 aliphatic rings. The van der Waals surface area contributed by atoms with Crippen LogP contribution in [0.2, 0.25) is 0 Å². The Bertz CT molecular complexity index is 146. The van der Waals surface area contributed by atoms with Crippen LogP contribution in [0.5, 0.6) is 0 Å². The molecule has 72 valence electrons. The molecule has 0 aromatic rings. The summed E-state index contributed by atoms with van der Waals surface area (Å²) >= 11 is 0. The first kappa shape index (κ1) is 13.4. The van der Waals surface area contributed by atoms with Gasteiger partial charge >= 0.3 is 11.9 Å². The molecule has 0 saturated carbocycles. The highest BCUT2D eigenvalue weighted by Crippen LogP contribution is 1.68. The molecule has 6 nitrogen and oxygen atoms in total. The molecule has 0 spiro atoms. The summed E-state index contributed by atoms with van der Waals surface area (Å²) in [5.41, 5.74) is 9.68. The smallest absolute Gasteiger partial charge is 0.320 e. The number of rotatable bonds is 3. The zero-order chi connectivity index (χ0) is 10.1. The minimum atomic E-state index is -0.963. The molecule has 1 atom stereocenters. The minimum Gasteiger partial charge on any atom is -0.481 e. The third-order valence-electron chi connectivity index (χ3n) is 0.748. The molecule has 0 saturated heterocycles. The van der Waals surface area contributed by atoms with Crippen molar-refractivity contribution in [2.75, 3.05) is 6.54 Å². The predicted molar refractivity (Wildman–Crippen MR) is 42.6 cm³/mol. The molecule has 0 aromatic heterocycles. The average Bonchev–Trinajstić information content (AvgIpc) is 1.87. The third-order valence-corrected chi connectivity index (χ3v) is 0.748. The Hall–Kier alpha value is -1.14. The molecule has 0 unspecified atom stereocenters. The summed E-state index contributed by atoms with van der Waals surface area (Å²) in [6.45, 7) is 1.65. The van der Waals surface area contributed by atoms with Crippen LogP contribution in [-0.4, -0.2) is 34.7 Å². The monoisotopic (exact) mass is 178 g/mol. The van der Waals surface area contributed by atoms with Gasteiger partial charge in [-0.15, -0.1) is 0 Å². The van der Waals surface area contributed by atoms with Crippen LogP contribution >= 0.6 is 0 Å². The molecule has 0 aliphatic carbocycles. The normalized spacial score (nSPS) is 10.9. The van der Waals surface area contributed by atoms with Crippen molar-refractivity contribution in [1.29, 1.82) is 0 Å². The summed E-state index contributed by atoms with van der Waals surface area (Å²) in [7, 11) is 0. The summed E-state index contributed by atoms with van der Waals surface area (Å²) in [4.78, 5) is 19.1. The molecule has 0 amide bonds. The number of aliphatic carboxylic acids is 2. The van der Waals surface area contributed by atoms with E-state index in [0.29, 0.717) is 0 Å². The highest BCUT2D eigenvalue weighted by Gasteiger charge is 1.99. The van der Waals surface area contributed by atoms with E-state index in [1.807, 2.05) is 0 Å². The summed E-state index contributed by atoms with van der Waals surface area (Å²) in [5.74, 6) is -1.80. The molecular formula is C6H14N2O4. The van der Waals surface area contributed by atoms with Crippen LogP contribution in [0.3, 0.4) is 0 Å². The first-order valence-electron chi connectivity index (χ1n) is 3.32. The lowest BCUT2D eigenvalue weighted by molar-refractivity contribution is -0.138. The molecule has 0 bridgehead atoms. The van der Waals surface area contributed by atoms with Crippen LogP contribution in [0.25, 0.3) is 0 Å². The van der Waals surface area contributed by atoms with Crippen LogP contribution in [-0.2, 0) is 9.59 Å². The van der Waals surface area contributed by atoms with Gasteiger partial charge in [0.25, 0.3) is 0 Å². The Morgan fingerprint density at radius 3 is 1.75 bits per heavy atom. The number of carboxylic acid groups (broad SMARTS) is 2. The molecule has 0 aromatic carbocycles. The van der Waals surface area contributed by atoms with E-state index in [1.165, 1.54) is 6.92 Å². The van der Waals surface area contributed by atoms with E-state index >= 15 is 0 Å². The van der Waals surface area contributed by atoms with Crippen molar-refractivity contribution >= 4 is 11.9 Å². The molecule has 0 heterocycles. The lowest BCUT2D eigenvalue weighted by Crippen LogP contribution is -2.25. The standard InChI is InChI=1S/2C3H7NO2/c1-2(4)3(5)6;4-2-1-3(5)6/h2H,4H2,1H3,(H,5,6);1-2,4H2,(H,5,6)/t2-;/m0./s1. The number of carbonyl (C=O) groups is 2. The molecule has 0 aliphatic heterocycles. The lowest BCUT2D eigenvalue weighted by atomic mass is 10.4. The van der Waals surface area contributed by atoms with E-state index in [4.69, 9.17) is 21.7 Å². The van der Waals surface area contributed by atoms with Crippen LogP contribution in [0.1, 0.15) is 13.3 Å². The highest BCUT2D eigenvalue weighted by atomic mass is 16.4. The van der Waals surface area contributed by atoms with Gasteiger partial charge in [0.2, 0.25) is 0 Å². The van der Waals surface area contributed by atoms with Crippen molar-refractivity contribution < 1.29 is 19.8 Å². The second kappa shape index (κ2) is 7.96. The molecule has 6 N–H and O–H groups in total. The van der Waals surface area contributed by atoms with Crippen molar-refractivity contribution in [3.63, 3.8) is 0 Å². The lowest BCUT2D eigenvalue weighted by Gasteiger charge is -1.90. The SMILES string of the molecule is C[C@H](N)C(=O)O.NCCC(=O)O. The largest absolute Gasteiger partial charge is 0.481 e. The molecular weight excluding hydrogens is 164 g/mol. The predicted octanol–water partition coefficient (Wildman–Crippen LogP) is -1.16. The van der Waals surface area contributed by atoms with Crippen molar-refractivity contribution in [3.8, 4) is 0 Å². The van der Waals surface area contributed by atoms with Gasteiger partial charge in [0.15, 0.2) is 0 Å². The summed E-state index contributed by atoms with van der Waals surface area (Å²) in [6, 6.07) is -0.731. The maximum atomic E-state index is 9.57. The summed E-state index contributed by atoms with van der Waals surface area (Å²) < 4.78 is 0. The minimum absolute atomic E-state index is 0.0694. The van der Waals surface area contributed by atoms with E-state index in [2.05, 4.69) is 0 Å². The first-order valence-corrected chi connectivity index (χ1v) is 3.32. The van der Waals surface area contributed by atoms with E-state index < -0.39 is 18.0 Å².